The fraction of sp³-hybridized carbons (Fsp3) is 0.273. The molecule has 0 bridgehead atoms. The number of nitrogens with one attached hydrogen (secondary N) is 1. The van der Waals surface area contributed by atoms with E-state index in [9.17, 15) is 0 Å². The van der Waals surface area contributed by atoms with E-state index in [-0.39, 0.29) is 6.04 Å². The summed E-state index contributed by atoms with van der Waals surface area (Å²) in [5.41, 5.74) is 4.19. The number of hydrogen-bond donors (Lipinski definition) is 2. The number of nitrogens with two attached hydrogens (primary N) is 1. The highest BCUT2D eigenvalue weighted by atomic mass is 32.2. The molecule has 0 aliphatic rings. The van der Waals surface area contributed by atoms with Crippen LogP contribution in [0.5, 0.6) is 0 Å². The van der Waals surface area contributed by atoms with Crippen LogP contribution >= 0.6 is 23.1 Å². The Labute approximate surface area is 97.8 Å². The predicted molar refractivity (Wildman–Crippen MR) is 70.3 cm³/mol. The van der Waals surface area contributed by atoms with Crippen LogP contribution in [-0.4, -0.2) is 12.0 Å². The second-order valence-corrected chi connectivity index (χ2v) is 5.19. The van der Waals surface area contributed by atoms with Gasteiger partial charge in [-0.2, -0.15) is 11.8 Å². The maximum Gasteiger partial charge on any atom is 0.0564 e. The lowest BCUT2D eigenvalue weighted by molar-refractivity contribution is 0.616. The zero-order valence-electron chi connectivity index (χ0n) is 8.57. The molecular formula is C11H14N2S2. The molecule has 3 N–H and O–H groups in total. The third-order valence-corrected chi connectivity index (χ3v) is 4.07. The van der Waals surface area contributed by atoms with Crippen LogP contribution in [0.1, 0.15) is 11.6 Å². The Morgan fingerprint density at radius 3 is 3.07 bits per heavy atom. The number of hydrogen-bond acceptors (Lipinski definition) is 4. The second-order valence-electron chi connectivity index (χ2n) is 3.36. The van der Waals surface area contributed by atoms with E-state index in [0.717, 1.165) is 5.75 Å². The van der Waals surface area contributed by atoms with Crippen LogP contribution in [0.3, 0.4) is 0 Å². The van der Waals surface area contributed by atoms with Crippen molar-refractivity contribution >= 4 is 33.2 Å². The molecule has 1 aromatic carbocycles. The van der Waals surface area contributed by atoms with Crippen molar-refractivity contribution in [3.8, 4) is 0 Å². The first-order valence-electron chi connectivity index (χ1n) is 4.78. The Morgan fingerprint density at radius 2 is 2.33 bits per heavy atom. The van der Waals surface area contributed by atoms with Gasteiger partial charge in [-0.05, 0) is 28.7 Å². The van der Waals surface area contributed by atoms with Gasteiger partial charge >= 0.3 is 0 Å². The molecule has 0 amide bonds. The molecular weight excluding hydrogens is 224 g/mol. The molecule has 4 heteroatoms. The van der Waals surface area contributed by atoms with Crippen LogP contribution in [0.4, 0.5) is 0 Å². The van der Waals surface area contributed by atoms with Crippen LogP contribution in [0, 0.1) is 0 Å². The Hall–Kier alpha value is -0.550. The van der Waals surface area contributed by atoms with Gasteiger partial charge in [-0.1, -0.05) is 18.2 Å². The van der Waals surface area contributed by atoms with Gasteiger partial charge in [0.25, 0.3) is 0 Å². The minimum absolute atomic E-state index is 0.238. The van der Waals surface area contributed by atoms with Crippen molar-refractivity contribution < 1.29 is 0 Å². The Balaban J connectivity index is 2.44. The van der Waals surface area contributed by atoms with E-state index in [1.807, 2.05) is 0 Å². The molecule has 0 radical (unpaired) electrons. The average molecular weight is 238 g/mol. The van der Waals surface area contributed by atoms with Crippen LogP contribution in [0.2, 0.25) is 0 Å². The summed E-state index contributed by atoms with van der Waals surface area (Å²) in [6.45, 7) is 0. The molecule has 0 aliphatic heterocycles. The third kappa shape index (κ3) is 2.18. The van der Waals surface area contributed by atoms with E-state index in [1.54, 1.807) is 23.1 Å². The number of thioether (sulfide) groups is 1. The van der Waals surface area contributed by atoms with Crippen LogP contribution in [0.15, 0.2) is 29.6 Å². The number of fused-ring (bicyclic) bond motifs is 1. The summed E-state index contributed by atoms with van der Waals surface area (Å²) < 4.78 is 1.34. The van der Waals surface area contributed by atoms with Crippen molar-refractivity contribution in [3.05, 3.63) is 35.2 Å². The van der Waals surface area contributed by atoms with Gasteiger partial charge in [0.1, 0.15) is 0 Å². The largest absolute Gasteiger partial charge is 0.271 e. The van der Waals surface area contributed by atoms with Crippen LogP contribution in [0.25, 0.3) is 10.1 Å². The number of benzene rings is 1. The molecule has 0 fully saturated rings. The zero-order chi connectivity index (χ0) is 10.7. The molecule has 1 unspecified atom stereocenters. The van der Waals surface area contributed by atoms with Gasteiger partial charge < -0.3 is 0 Å². The first-order valence-corrected chi connectivity index (χ1v) is 7.05. The molecule has 0 spiro atoms. The highest BCUT2D eigenvalue weighted by Crippen LogP contribution is 2.29. The SMILES string of the molecule is CSCC(NN)c1cccc2ccsc12. The zero-order valence-corrected chi connectivity index (χ0v) is 10.2. The lowest BCUT2D eigenvalue weighted by Gasteiger charge is -2.15. The van der Waals surface area contributed by atoms with Gasteiger partial charge in [0.15, 0.2) is 0 Å². The summed E-state index contributed by atoms with van der Waals surface area (Å²) in [5, 5.41) is 3.43. The van der Waals surface area contributed by atoms with Gasteiger partial charge in [0.05, 0.1) is 6.04 Å². The fourth-order valence-electron chi connectivity index (χ4n) is 1.68. The predicted octanol–water partition coefficient (Wildman–Crippen LogP) is 2.77. The lowest BCUT2D eigenvalue weighted by Crippen LogP contribution is -2.29. The quantitative estimate of drug-likeness (QED) is 0.635. The first kappa shape index (κ1) is 11.0. The molecule has 0 saturated carbocycles. The highest BCUT2D eigenvalue weighted by molar-refractivity contribution is 7.98. The smallest absolute Gasteiger partial charge is 0.0564 e. The topological polar surface area (TPSA) is 38.0 Å². The van der Waals surface area contributed by atoms with E-state index < -0.39 is 0 Å². The Morgan fingerprint density at radius 1 is 1.47 bits per heavy atom. The van der Waals surface area contributed by atoms with Gasteiger partial charge in [-0.25, -0.2) is 0 Å². The molecule has 0 saturated heterocycles. The van der Waals surface area contributed by atoms with Crippen LogP contribution < -0.4 is 11.3 Å². The Kier molecular flexibility index (Phi) is 3.64. The van der Waals surface area contributed by atoms with E-state index in [1.165, 1.54) is 15.6 Å². The molecule has 15 heavy (non-hydrogen) atoms. The molecule has 80 valence electrons. The van der Waals surface area contributed by atoms with Crippen molar-refractivity contribution in [1.29, 1.82) is 0 Å². The van der Waals surface area contributed by atoms with Crippen molar-refractivity contribution in [2.45, 2.75) is 6.04 Å². The summed E-state index contributed by atoms with van der Waals surface area (Å²) in [6.07, 6.45) is 2.10. The van der Waals surface area contributed by atoms with Crippen molar-refractivity contribution in [1.82, 2.24) is 5.43 Å². The third-order valence-electron chi connectivity index (χ3n) is 2.42. The van der Waals surface area contributed by atoms with E-state index in [4.69, 9.17) is 5.84 Å². The van der Waals surface area contributed by atoms with Gasteiger partial charge in [-0.3, -0.25) is 11.3 Å². The maximum absolute atomic E-state index is 5.59. The van der Waals surface area contributed by atoms with Crippen LogP contribution in [-0.2, 0) is 0 Å². The first-order chi connectivity index (χ1) is 7.36. The normalized spacial score (nSPS) is 13.2. The average Bonchev–Trinajstić information content (AvgIpc) is 2.73. The van der Waals surface area contributed by atoms with E-state index >= 15 is 0 Å². The molecule has 2 nitrogen and oxygen atoms in total. The van der Waals surface area contributed by atoms with Gasteiger partial charge in [0, 0.05) is 10.5 Å². The monoisotopic (exact) mass is 238 g/mol. The maximum atomic E-state index is 5.59. The number of hydrazine groups is 1. The molecule has 0 aliphatic carbocycles. The summed E-state index contributed by atoms with van der Waals surface area (Å²) in [5.74, 6) is 6.59. The summed E-state index contributed by atoms with van der Waals surface area (Å²) in [6, 6.07) is 8.77. The summed E-state index contributed by atoms with van der Waals surface area (Å²) in [7, 11) is 0. The molecule has 2 aromatic rings. The minimum atomic E-state index is 0.238. The van der Waals surface area contributed by atoms with Gasteiger partial charge in [0.2, 0.25) is 0 Å². The van der Waals surface area contributed by atoms with Gasteiger partial charge in [-0.15, -0.1) is 11.3 Å². The molecule has 1 heterocycles. The minimum Gasteiger partial charge on any atom is -0.271 e. The summed E-state index contributed by atoms with van der Waals surface area (Å²) in [4.78, 5) is 0. The standard InChI is InChI=1S/C11H14N2S2/c1-14-7-10(13-12)9-4-2-3-8-5-6-15-11(8)9/h2-6,10,13H,7,12H2,1H3. The van der Waals surface area contributed by atoms with E-state index in [0.29, 0.717) is 0 Å². The highest BCUT2D eigenvalue weighted by Gasteiger charge is 2.12. The van der Waals surface area contributed by atoms with Crippen molar-refractivity contribution in [2.24, 2.45) is 5.84 Å². The lowest BCUT2D eigenvalue weighted by atomic mass is 10.1. The molecule has 1 atom stereocenters. The summed E-state index contributed by atoms with van der Waals surface area (Å²) >= 11 is 3.58. The number of rotatable bonds is 4. The molecule has 2 rings (SSSR count). The fourth-order valence-corrected chi connectivity index (χ4v) is 3.26. The Bertz CT molecular complexity index is 439. The molecule has 1 aromatic heterocycles. The van der Waals surface area contributed by atoms with Crippen molar-refractivity contribution in [2.75, 3.05) is 12.0 Å². The van der Waals surface area contributed by atoms with E-state index in [2.05, 4.69) is 41.3 Å². The van der Waals surface area contributed by atoms with Crippen molar-refractivity contribution in [3.63, 3.8) is 0 Å². The second kappa shape index (κ2) is 4.99. The number of thiophene rings is 1.